The Morgan fingerprint density at radius 3 is 2.33 bits per heavy atom. The second-order valence-electron chi connectivity index (χ2n) is 10.3. The average molecular weight is 497 g/mol. The van der Waals surface area contributed by atoms with Gasteiger partial charge in [0.15, 0.2) is 0 Å². The SMILES string of the molecule is CC(C)(C)OC(=O)NCC(C)(C(=O)N1CCCC1)c1ccc(NCCc2ccccc2)c([N+](=O)[O-])c1. The number of benzene rings is 2. The predicted molar refractivity (Wildman–Crippen MR) is 139 cm³/mol. The number of alkyl carbamates (subject to hydrolysis) is 1. The third kappa shape index (κ3) is 6.96. The summed E-state index contributed by atoms with van der Waals surface area (Å²) in [5.74, 6) is -0.171. The number of nitro benzene ring substituents is 1. The number of likely N-dealkylation sites (tertiary alicyclic amines) is 1. The van der Waals surface area contributed by atoms with Crippen LogP contribution in [0.4, 0.5) is 16.2 Å². The summed E-state index contributed by atoms with van der Waals surface area (Å²) in [5.41, 5.74) is -0.0223. The zero-order chi connectivity index (χ0) is 26.3. The fraction of sp³-hybridized carbons (Fsp3) is 0.481. The van der Waals surface area contributed by atoms with E-state index in [9.17, 15) is 19.7 Å². The molecule has 2 aromatic rings. The van der Waals surface area contributed by atoms with E-state index in [-0.39, 0.29) is 18.1 Å². The summed E-state index contributed by atoms with van der Waals surface area (Å²) in [7, 11) is 0. The van der Waals surface area contributed by atoms with E-state index in [0.29, 0.717) is 37.3 Å². The topological polar surface area (TPSA) is 114 Å². The molecule has 36 heavy (non-hydrogen) atoms. The number of nitrogens with one attached hydrogen (secondary N) is 2. The van der Waals surface area contributed by atoms with Crippen molar-refractivity contribution < 1.29 is 19.2 Å². The number of hydrogen-bond acceptors (Lipinski definition) is 6. The number of carbonyl (C=O) groups excluding carboxylic acids is 2. The summed E-state index contributed by atoms with van der Waals surface area (Å²) >= 11 is 0. The molecule has 0 aliphatic carbocycles. The summed E-state index contributed by atoms with van der Waals surface area (Å²) < 4.78 is 5.34. The molecular weight excluding hydrogens is 460 g/mol. The minimum Gasteiger partial charge on any atom is -0.444 e. The van der Waals surface area contributed by atoms with Gasteiger partial charge in [-0.25, -0.2) is 4.79 Å². The number of anilines is 1. The zero-order valence-electron chi connectivity index (χ0n) is 21.5. The minimum absolute atomic E-state index is 0.0464. The van der Waals surface area contributed by atoms with Gasteiger partial charge >= 0.3 is 6.09 Å². The molecule has 0 bridgehead atoms. The molecule has 0 saturated carbocycles. The molecule has 1 aliphatic rings. The van der Waals surface area contributed by atoms with E-state index in [1.807, 2.05) is 30.3 Å². The second-order valence-corrected chi connectivity index (χ2v) is 10.3. The molecule has 1 atom stereocenters. The first-order chi connectivity index (χ1) is 17.0. The van der Waals surface area contributed by atoms with Gasteiger partial charge in [-0.3, -0.25) is 14.9 Å². The summed E-state index contributed by atoms with van der Waals surface area (Å²) in [6.07, 6.45) is 1.89. The first-order valence-corrected chi connectivity index (χ1v) is 12.3. The van der Waals surface area contributed by atoms with Crippen molar-refractivity contribution in [3.05, 3.63) is 69.8 Å². The highest BCUT2D eigenvalue weighted by atomic mass is 16.6. The highest BCUT2D eigenvalue weighted by molar-refractivity contribution is 5.89. The Labute approximate surface area is 212 Å². The Morgan fingerprint density at radius 2 is 1.72 bits per heavy atom. The van der Waals surface area contributed by atoms with Crippen molar-refractivity contribution in [3.63, 3.8) is 0 Å². The van der Waals surface area contributed by atoms with Crippen molar-refractivity contribution in [2.75, 3.05) is 31.5 Å². The van der Waals surface area contributed by atoms with E-state index < -0.39 is 22.0 Å². The molecule has 9 heteroatoms. The van der Waals surface area contributed by atoms with Crippen molar-refractivity contribution in [2.45, 2.75) is 58.0 Å². The first-order valence-electron chi connectivity index (χ1n) is 12.3. The first kappa shape index (κ1) is 27.0. The van der Waals surface area contributed by atoms with Gasteiger partial charge in [-0.2, -0.15) is 0 Å². The minimum atomic E-state index is -1.20. The van der Waals surface area contributed by atoms with Gasteiger partial charge in [0.1, 0.15) is 11.3 Å². The Balaban J connectivity index is 1.85. The smallest absolute Gasteiger partial charge is 0.407 e. The number of nitrogens with zero attached hydrogens (tertiary/aromatic N) is 2. The molecule has 2 aromatic carbocycles. The van der Waals surface area contributed by atoms with Gasteiger partial charge in [-0.05, 0) is 64.2 Å². The molecule has 2 N–H and O–H groups in total. The molecule has 0 spiro atoms. The number of nitro groups is 1. The van der Waals surface area contributed by atoms with Gasteiger partial charge in [0.2, 0.25) is 5.91 Å². The number of ether oxygens (including phenoxy) is 1. The van der Waals surface area contributed by atoms with Crippen LogP contribution in [-0.4, -0.2) is 53.6 Å². The fourth-order valence-corrected chi connectivity index (χ4v) is 4.30. The number of carbonyl (C=O) groups is 2. The van der Waals surface area contributed by atoms with Crippen molar-refractivity contribution in [1.29, 1.82) is 0 Å². The summed E-state index contributed by atoms with van der Waals surface area (Å²) in [4.78, 5) is 39.3. The van der Waals surface area contributed by atoms with E-state index in [1.165, 1.54) is 6.07 Å². The van der Waals surface area contributed by atoms with Gasteiger partial charge in [0, 0.05) is 32.2 Å². The zero-order valence-corrected chi connectivity index (χ0v) is 21.5. The van der Waals surface area contributed by atoms with Gasteiger partial charge in [-0.1, -0.05) is 36.4 Å². The molecule has 2 amide bonds. The average Bonchev–Trinajstić information content (AvgIpc) is 3.36. The normalized spacial score (nSPS) is 15.2. The molecule has 194 valence electrons. The van der Waals surface area contributed by atoms with Crippen LogP contribution < -0.4 is 10.6 Å². The van der Waals surface area contributed by atoms with Crippen LogP contribution in [-0.2, 0) is 21.4 Å². The van der Waals surface area contributed by atoms with Crippen LogP contribution >= 0.6 is 0 Å². The Hall–Kier alpha value is -3.62. The molecule has 3 rings (SSSR count). The van der Waals surface area contributed by atoms with E-state index in [2.05, 4.69) is 10.6 Å². The predicted octanol–water partition coefficient (Wildman–Crippen LogP) is 4.65. The van der Waals surface area contributed by atoms with Crippen molar-refractivity contribution in [1.82, 2.24) is 10.2 Å². The number of hydrogen-bond donors (Lipinski definition) is 2. The summed E-state index contributed by atoms with van der Waals surface area (Å²) in [5, 5.41) is 17.8. The molecule has 1 aliphatic heterocycles. The van der Waals surface area contributed by atoms with Crippen LogP contribution in [0.1, 0.15) is 51.7 Å². The van der Waals surface area contributed by atoms with E-state index in [1.54, 1.807) is 44.7 Å². The molecule has 1 unspecified atom stereocenters. The Morgan fingerprint density at radius 1 is 1.06 bits per heavy atom. The number of amides is 2. The Kier molecular flexibility index (Phi) is 8.55. The lowest BCUT2D eigenvalue weighted by Gasteiger charge is -2.33. The van der Waals surface area contributed by atoms with Crippen LogP contribution in [0.15, 0.2) is 48.5 Å². The fourth-order valence-electron chi connectivity index (χ4n) is 4.30. The van der Waals surface area contributed by atoms with Crippen LogP contribution in [0.3, 0.4) is 0 Å². The lowest BCUT2D eigenvalue weighted by atomic mass is 9.80. The number of rotatable bonds is 9. The molecule has 1 heterocycles. The van der Waals surface area contributed by atoms with E-state index in [4.69, 9.17) is 4.74 Å². The van der Waals surface area contributed by atoms with Crippen LogP contribution in [0, 0.1) is 10.1 Å². The third-order valence-corrected chi connectivity index (χ3v) is 6.25. The molecule has 9 nitrogen and oxygen atoms in total. The molecule has 0 aromatic heterocycles. The molecular formula is C27H36N4O5. The van der Waals surface area contributed by atoms with Crippen LogP contribution in [0.2, 0.25) is 0 Å². The summed E-state index contributed by atoms with van der Waals surface area (Å²) in [6.45, 7) is 8.72. The lowest BCUT2D eigenvalue weighted by Crippen LogP contribution is -2.51. The highest BCUT2D eigenvalue weighted by Crippen LogP contribution is 2.34. The molecule has 0 radical (unpaired) electrons. The maximum atomic E-state index is 13.6. The second kappa shape index (κ2) is 11.4. The van der Waals surface area contributed by atoms with Gasteiger partial charge in [0.05, 0.1) is 10.3 Å². The van der Waals surface area contributed by atoms with Crippen LogP contribution in [0.25, 0.3) is 0 Å². The standard InChI is InChI=1S/C27H36N4O5/c1-26(2,3)36-25(33)29-19-27(4,24(32)30-16-8-9-17-30)21-12-13-22(23(18-21)31(34)35)28-15-14-20-10-6-5-7-11-20/h5-7,10-13,18,28H,8-9,14-17,19H2,1-4H3,(H,29,33). The maximum Gasteiger partial charge on any atom is 0.407 e. The molecule has 1 saturated heterocycles. The third-order valence-electron chi connectivity index (χ3n) is 6.25. The van der Waals surface area contributed by atoms with Gasteiger partial charge in [-0.15, -0.1) is 0 Å². The lowest BCUT2D eigenvalue weighted by molar-refractivity contribution is -0.384. The van der Waals surface area contributed by atoms with Crippen molar-refractivity contribution in [3.8, 4) is 0 Å². The highest BCUT2D eigenvalue weighted by Gasteiger charge is 2.41. The van der Waals surface area contributed by atoms with Crippen molar-refractivity contribution in [2.24, 2.45) is 0 Å². The molecule has 1 fully saturated rings. The van der Waals surface area contributed by atoms with Gasteiger partial charge < -0.3 is 20.3 Å². The monoisotopic (exact) mass is 496 g/mol. The van der Waals surface area contributed by atoms with E-state index >= 15 is 0 Å². The maximum absolute atomic E-state index is 13.6. The largest absolute Gasteiger partial charge is 0.444 e. The van der Waals surface area contributed by atoms with E-state index in [0.717, 1.165) is 18.4 Å². The van der Waals surface area contributed by atoms with Crippen molar-refractivity contribution >= 4 is 23.4 Å². The summed E-state index contributed by atoms with van der Waals surface area (Å²) in [6, 6.07) is 14.7. The van der Waals surface area contributed by atoms with Crippen LogP contribution in [0.5, 0.6) is 0 Å². The van der Waals surface area contributed by atoms with Gasteiger partial charge in [0.25, 0.3) is 5.69 Å². The quantitative estimate of drug-likeness (QED) is 0.386. The Bertz CT molecular complexity index is 1080.